The normalized spacial score (nSPS) is 13.0. The minimum Gasteiger partial charge on any atom is -0.496 e. The molecule has 6 nitrogen and oxygen atoms in total. The number of carbonyl (C=O) groups excluding carboxylic acids is 1. The van der Waals surface area contributed by atoms with E-state index in [4.69, 9.17) is 9.47 Å². The summed E-state index contributed by atoms with van der Waals surface area (Å²) in [5.41, 5.74) is 5.40. The predicted octanol–water partition coefficient (Wildman–Crippen LogP) is 4.96. The predicted molar refractivity (Wildman–Crippen MR) is 126 cm³/mol. The van der Waals surface area contributed by atoms with E-state index in [-0.39, 0.29) is 18.9 Å². The van der Waals surface area contributed by atoms with E-state index in [9.17, 15) is 14.7 Å². The van der Waals surface area contributed by atoms with Crippen molar-refractivity contribution in [2.75, 3.05) is 20.8 Å². The Morgan fingerprint density at radius 1 is 0.939 bits per heavy atom. The van der Waals surface area contributed by atoms with Gasteiger partial charge in [-0.2, -0.15) is 0 Å². The Bertz CT molecular complexity index is 1110. The Kier molecular flexibility index (Phi) is 6.63. The zero-order valence-corrected chi connectivity index (χ0v) is 18.7. The maximum absolute atomic E-state index is 12.8. The lowest BCUT2D eigenvalue weighted by Gasteiger charge is -2.25. The van der Waals surface area contributed by atoms with Crippen molar-refractivity contribution in [1.82, 2.24) is 4.90 Å². The van der Waals surface area contributed by atoms with Crippen molar-refractivity contribution in [1.29, 1.82) is 0 Å². The molecule has 1 aliphatic rings. The number of carboxylic acids is 1. The summed E-state index contributed by atoms with van der Waals surface area (Å²) in [5.74, 6) is -0.446. The summed E-state index contributed by atoms with van der Waals surface area (Å²) >= 11 is 0. The number of aryl methyl sites for hydroxylation is 1. The molecule has 0 aromatic heterocycles. The highest BCUT2D eigenvalue weighted by Gasteiger charge is 2.31. The number of nitrogens with zero attached hydrogens (tertiary/aromatic N) is 1. The lowest BCUT2D eigenvalue weighted by atomic mass is 9.98. The van der Waals surface area contributed by atoms with Gasteiger partial charge in [0, 0.05) is 13.0 Å². The third-order valence-electron chi connectivity index (χ3n) is 6.26. The molecule has 33 heavy (non-hydrogen) atoms. The quantitative estimate of drug-likeness (QED) is 0.530. The van der Waals surface area contributed by atoms with Crippen molar-refractivity contribution in [3.05, 3.63) is 89.5 Å². The van der Waals surface area contributed by atoms with Crippen LogP contribution in [0.5, 0.6) is 5.75 Å². The topological polar surface area (TPSA) is 76.1 Å². The molecule has 0 saturated heterocycles. The molecule has 0 unspecified atom stereocenters. The second-order valence-corrected chi connectivity index (χ2v) is 8.12. The molecule has 1 aliphatic carbocycles. The summed E-state index contributed by atoms with van der Waals surface area (Å²) < 4.78 is 11.0. The van der Waals surface area contributed by atoms with Crippen LogP contribution in [0.2, 0.25) is 0 Å². The molecular formula is C27H27NO5. The summed E-state index contributed by atoms with van der Waals surface area (Å²) in [5, 5.41) is 9.76. The number of carbonyl (C=O) groups is 2. The Labute approximate surface area is 193 Å². The van der Waals surface area contributed by atoms with Crippen LogP contribution in [-0.2, 0) is 16.0 Å². The largest absolute Gasteiger partial charge is 0.496 e. The van der Waals surface area contributed by atoms with Crippen LogP contribution in [-0.4, -0.2) is 48.9 Å². The van der Waals surface area contributed by atoms with Gasteiger partial charge in [-0.3, -0.25) is 4.90 Å². The van der Waals surface area contributed by atoms with Gasteiger partial charge >= 0.3 is 12.1 Å². The third-order valence-corrected chi connectivity index (χ3v) is 6.26. The van der Waals surface area contributed by atoms with E-state index in [2.05, 4.69) is 12.1 Å². The Morgan fingerprint density at radius 2 is 1.52 bits per heavy atom. The van der Waals surface area contributed by atoms with Gasteiger partial charge in [0.05, 0.1) is 7.11 Å². The number of fused-ring (bicyclic) bond motifs is 3. The highest BCUT2D eigenvalue weighted by molar-refractivity contribution is 5.81. The zero-order valence-electron chi connectivity index (χ0n) is 18.7. The molecular weight excluding hydrogens is 418 g/mol. The van der Waals surface area contributed by atoms with Gasteiger partial charge in [-0.25, -0.2) is 9.59 Å². The van der Waals surface area contributed by atoms with Crippen LogP contribution >= 0.6 is 0 Å². The number of amides is 1. The number of benzene rings is 3. The number of ether oxygens (including phenoxy) is 2. The lowest BCUT2D eigenvalue weighted by molar-refractivity contribution is -0.142. The van der Waals surface area contributed by atoms with E-state index < -0.39 is 18.1 Å². The monoisotopic (exact) mass is 445 g/mol. The van der Waals surface area contributed by atoms with E-state index in [1.807, 2.05) is 60.7 Å². The van der Waals surface area contributed by atoms with Crippen LogP contribution in [0.25, 0.3) is 11.1 Å². The number of hydrogen-bond donors (Lipinski definition) is 1. The highest BCUT2D eigenvalue weighted by Crippen LogP contribution is 2.44. The van der Waals surface area contributed by atoms with Gasteiger partial charge in [0.15, 0.2) is 0 Å². The van der Waals surface area contributed by atoms with E-state index in [1.54, 1.807) is 7.11 Å². The molecule has 1 amide bonds. The van der Waals surface area contributed by atoms with E-state index >= 15 is 0 Å². The van der Waals surface area contributed by atoms with Gasteiger partial charge in [0.1, 0.15) is 18.4 Å². The van der Waals surface area contributed by atoms with Crippen LogP contribution in [0.3, 0.4) is 0 Å². The standard InChI is InChI=1S/C27H27NO5/c1-28(24(26(29)30)16-15-18-9-3-8-14-25(18)32-2)27(31)33-17-23-21-12-6-4-10-19(21)20-11-5-7-13-22(20)23/h3-14,23-24H,15-17H2,1-2H3,(H,29,30)/t24-/m0/s1. The van der Waals surface area contributed by atoms with Crippen LogP contribution < -0.4 is 4.74 Å². The van der Waals surface area contributed by atoms with Crippen LogP contribution in [0.4, 0.5) is 4.79 Å². The first kappa shape index (κ1) is 22.4. The SMILES string of the molecule is COc1ccccc1CC[C@@H](C(=O)O)N(C)C(=O)OCC1c2ccccc2-c2ccccc21. The molecule has 0 spiro atoms. The fraction of sp³-hybridized carbons (Fsp3) is 0.259. The first-order valence-electron chi connectivity index (χ1n) is 10.9. The minimum atomic E-state index is -1.07. The molecule has 1 atom stereocenters. The Balaban J connectivity index is 1.43. The second kappa shape index (κ2) is 9.77. The number of rotatable bonds is 8. The molecule has 0 radical (unpaired) electrons. The molecule has 170 valence electrons. The average molecular weight is 446 g/mol. The number of likely N-dealkylation sites (N-methyl/N-ethyl adjacent to an activating group) is 1. The average Bonchev–Trinajstić information content (AvgIpc) is 3.16. The minimum absolute atomic E-state index is 0.0772. The molecule has 0 aliphatic heterocycles. The molecule has 0 heterocycles. The number of aliphatic carboxylic acids is 1. The van der Waals surface area contributed by atoms with Gasteiger partial charge in [-0.05, 0) is 46.7 Å². The van der Waals surface area contributed by atoms with Crippen molar-refractivity contribution in [2.24, 2.45) is 0 Å². The highest BCUT2D eigenvalue weighted by atomic mass is 16.6. The fourth-order valence-corrected chi connectivity index (χ4v) is 4.51. The first-order valence-corrected chi connectivity index (χ1v) is 10.9. The summed E-state index contributed by atoms with van der Waals surface area (Å²) in [7, 11) is 3.05. The molecule has 6 heteroatoms. The second-order valence-electron chi connectivity index (χ2n) is 8.12. The van der Waals surface area contributed by atoms with E-state index in [0.717, 1.165) is 27.8 Å². The van der Waals surface area contributed by atoms with Gasteiger partial charge in [-0.1, -0.05) is 66.7 Å². The molecule has 1 N–H and O–H groups in total. The lowest BCUT2D eigenvalue weighted by Crippen LogP contribution is -2.43. The Morgan fingerprint density at radius 3 is 2.12 bits per heavy atom. The van der Waals surface area contributed by atoms with E-state index in [1.165, 1.54) is 11.9 Å². The van der Waals surface area contributed by atoms with Crippen molar-refractivity contribution in [3.8, 4) is 16.9 Å². The number of carboxylic acid groups (broad SMARTS) is 1. The molecule has 0 bridgehead atoms. The molecule has 0 saturated carbocycles. The molecule has 3 aromatic rings. The van der Waals surface area contributed by atoms with Crippen molar-refractivity contribution < 1.29 is 24.2 Å². The molecule has 0 fully saturated rings. The van der Waals surface area contributed by atoms with Gasteiger partial charge in [0.2, 0.25) is 0 Å². The number of hydrogen-bond acceptors (Lipinski definition) is 4. The summed E-state index contributed by atoms with van der Waals surface area (Å²) in [6.45, 7) is 0.149. The molecule has 4 rings (SSSR count). The summed E-state index contributed by atoms with van der Waals surface area (Å²) in [6.07, 6.45) is 0.0579. The van der Waals surface area contributed by atoms with Gasteiger partial charge in [0.25, 0.3) is 0 Å². The Hall–Kier alpha value is -3.80. The third kappa shape index (κ3) is 4.55. The summed E-state index contributed by atoms with van der Waals surface area (Å²) in [4.78, 5) is 25.9. The number of methoxy groups -OCH3 is 1. The first-order chi connectivity index (χ1) is 16.0. The fourth-order valence-electron chi connectivity index (χ4n) is 4.51. The maximum Gasteiger partial charge on any atom is 0.410 e. The number of para-hydroxylation sites is 1. The molecule has 3 aromatic carbocycles. The van der Waals surface area contributed by atoms with Crippen molar-refractivity contribution in [2.45, 2.75) is 24.8 Å². The van der Waals surface area contributed by atoms with E-state index in [0.29, 0.717) is 12.2 Å². The smallest absolute Gasteiger partial charge is 0.410 e. The van der Waals surface area contributed by atoms with Crippen molar-refractivity contribution in [3.63, 3.8) is 0 Å². The van der Waals surface area contributed by atoms with Crippen LogP contribution in [0.1, 0.15) is 29.0 Å². The maximum atomic E-state index is 12.8. The van der Waals surface area contributed by atoms with Crippen molar-refractivity contribution >= 4 is 12.1 Å². The van der Waals surface area contributed by atoms with Gasteiger partial charge < -0.3 is 14.6 Å². The van der Waals surface area contributed by atoms with Crippen LogP contribution in [0, 0.1) is 0 Å². The van der Waals surface area contributed by atoms with Crippen LogP contribution in [0.15, 0.2) is 72.8 Å². The zero-order chi connectivity index (χ0) is 23.4. The summed E-state index contributed by atoms with van der Waals surface area (Å²) in [6, 6.07) is 22.6. The van der Waals surface area contributed by atoms with Gasteiger partial charge in [-0.15, -0.1) is 0 Å².